The molecule has 0 saturated carbocycles. The summed E-state index contributed by atoms with van der Waals surface area (Å²) >= 11 is 0. The lowest BCUT2D eigenvalue weighted by Gasteiger charge is -2.15. The van der Waals surface area contributed by atoms with Crippen molar-refractivity contribution < 1.29 is 4.79 Å². The standard InChI is InChI=1S/C18H20N2O/c1-12(19)18(21)20-11-10-17-15-8-4-2-6-13(15)14-7-3-5-9-16(14)17/h2-9,12,17H,10-11,19H2,1H3,(H,20,21). The number of amides is 1. The van der Waals surface area contributed by atoms with E-state index in [1.54, 1.807) is 6.92 Å². The lowest BCUT2D eigenvalue weighted by Crippen LogP contribution is -2.38. The summed E-state index contributed by atoms with van der Waals surface area (Å²) in [5, 5.41) is 2.91. The van der Waals surface area contributed by atoms with Crippen LogP contribution in [0, 0.1) is 0 Å². The fourth-order valence-corrected chi connectivity index (χ4v) is 3.07. The molecule has 0 heterocycles. The molecule has 1 amide bonds. The monoisotopic (exact) mass is 280 g/mol. The zero-order valence-electron chi connectivity index (χ0n) is 12.2. The minimum absolute atomic E-state index is 0.0884. The summed E-state index contributed by atoms with van der Waals surface area (Å²) in [6.07, 6.45) is 0.895. The predicted octanol–water partition coefficient (Wildman–Crippen LogP) is 2.65. The average molecular weight is 280 g/mol. The van der Waals surface area contributed by atoms with Crippen molar-refractivity contribution >= 4 is 5.91 Å². The summed E-state index contributed by atoms with van der Waals surface area (Å²) in [5.74, 6) is 0.264. The second kappa shape index (κ2) is 5.70. The van der Waals surface area contributed by atoms with Crippen molar-refractivity contribution in [2.75, 3.05) is 6.54 Å². The van der Waals surface area contributed by atoms with Crippen molar-refractivity contribution in [2.24, 2.45) is 5.73 Å². The number of carbonyl (C=O) groups excluding carboxylic acids is 1. The van der Waals surface area contributed by atoms with Crippen LogP contribution in [0.15, 0.2) is 48.5 Å². The van der Waals surface area contributed by atoms with Gasteiger partial charge in [0.15, 0.2) is 0 Å². The molecule has 1 aliphatic rings. The van der Waals surface area contributed by atoms with Gasteiger partial charge < -0.3 is 11.1 Å². The van der Waals surface area contributed by atoms with Gasteiger partial charge in [-0.1, -0.05) is 48.5 Å². The highest BCUT2D eigenvalue weighted by Gasteiger charge is 2.27. The average Bonchev–Trinajstić information content (AvgIpc) is 2.82. The van der Waals surface area contributed by atoms with Gasteiger partial charge in [0, 0.05) is 12.5 Å². The van der Waals surface area contributed by atoms with Gasteiger partial charge in [-0.05, 0) is 35.6 Å². The quantitative estimate of drug-likeness (QED) is 0.904. The van der Waals surface area contributed by atoms with Crippen LogP contribution in [0.25, 0.3) is 11.1 Å². The van der Waals surface area contributed by atoms with E-state index in [-0.39, 0.29) is 5.91 Å². The number of nitrogens with two attached hydrogens (primary N) is 1. The van der Waals surface area contributed by atoms with Gasteiger partial charge in [0.25, 0.3) is 0 Å². The lowest BCUT2D eigenvalue weighted by atomic mass is 9.93. The summed E-state index contributed by atoms with van der Waals surface area (Å²) in [5.41, 5.74) is 10.9. The molecule has 3 heteroatoms. The molecule has 108 valence electrons. The molecule has 0 spiro atoms. The Bertz CT molecular complexity index is 618. The maximum absolute atomic E-state index is 11.6. The summed E-state index contributed by atoms with van der Waals surface area (Å²) in [6.45, 7) is 2.35. The first kappa shape index (κ1) is 13.8. The molecular formula is C18H20N2O. The molecule has 0 aromatic heterocycles. The van der Waals surface area contributed by atoms with Gasteiger partial charge in [-0.25, -0.2) is 0 Å². The molecule has 2 aromatic carbocycles. The van der Waals surface area contributed by atoms with Crippen LogP contribution >= 0.6 is 0 Å². The van der Waals surface area contributed by atoms with Gasteiger partial charge in [0.2, 0.25) is 5.91 Å². The Morgan fingerprint density at radius 2 is 1.62 bits per heavy atom. The molecule has 0 aliphatic heterocycles. The first-order valence-corrected chi connectivity index (χ1v) is 7.40. The fraction of sp³-hybridized carbons (Fsp3) is 0.278. The SMILES string of the molecule is CC(N)C(=O)NCCC1c2ccccc2-c2ccccc21. The van der Waals surface area contributed by atoms with Crippen LogP contribution in [0.5, 0.6) is 0 Å². The van der Waals surface area contributed by atoms with Crippen molar-refractivity contribution in [2.45, 2.75) is 25.3 Å². The molecule has 21 heavy (non-hydrogen) atoms. The van der Waals surface area contributed by atoms with Gasteiger partial charge in [-0.15, -0.1) is 0 Å². The third-order valence-corrected chi connectivity index (χ3v) is 4.11. The van der Waals surface area contributed by atoms with Crippen molar-refractivity contribution in [3.63, 3.8) is 0 Å². The minimum atomic E-state index is -0.451. The highest BCUT2D eigenvalue weighted by atomic mass is 16.2. The molecule has 0 saturated heterocycles. The Balaban J connectivity index is 1.81. The molecule has 1 atom stereocenters. The van der Waals surface area contributed by atoms with Gasteiger partial charge in [-0.2, -0.15) is 0 Å². The zero-order chi connectivity index (χ0) is 14.8. The minimum Gasteiger partial charge on any atom is -0.355 e. The second-order valence-corrected chi connectivity index (χ2v) is 5.60. The van der Waals surface area contributed by atoms with Gasteiger partial charge in [0.05, 0.1) is 6.04 Å². The Hall–Kier alpha value is -2.13. The Morgan fingerprint density at radius 1 is 1.10 bits per heavy atom. The van der Waals surface area contributed by atoms with Crippen molar-refractivity contribution in [3.8, 4) is 11.1 Å². The summed E-state index contributed by atoms with van der Waals surface area (Å²) in [6, 6.07) is 16.6. The maximum Gasteiger partial charge on any atom is 0.236 e. The number of rotatable bonds is 4. The van der Waals surface area contributed by atoms with E-state index in [1.165, 1.54) is 22.3 Å². The topological polar surface area (TPSA) is 55.1 Å². The number of nitrogens with one attached hydrogen (secondary N) is 1. The van der Waals surface area contributed by atoms with Crippen LogP contribution in [-0.4, -0.2) is 18.5 Å². The van der Waals surface area contributed by atoms with E-state index in [2.05, 4.69) is 53.8 Å². The van der Waals surface area contributed by atoms with Crippen LogP contribution in [0.2, 0.25) is 0 Å². The third kappa shape index (κ3) is 2.57. The molecule has 3 N–H and O–H groups in total. The Labute approximate surface area is 125 Å². The number of benzene rings is 2. The summed E-state index contributed by atoms with van der Waals surface area (Å²) < 4.78 is 0. The van der Waals surface area contributed by atoms with Crippen LogP contribution in [0.4, 0.5) is 0 Å². The normalized spacial score (nSPS) is 14.4. The van der Waals surface area contributed by atoms with Gasteiger partial charge in [0.1, 0.15) is 0 Å². The molecule has 0 radical (unpaired) electrons. The molecule has 1 unspecified atom stereocenters. The lowest BCUT2D eigenvalue weighted by molar-refractivity contribution is -0.121. The Morgan fingerprint density at radius 3 is 2.14 bits per heavy atom. The first-order chi connectivity index (χ1) is 10.2. The third-order valence-electron chi connectivity index (χ3n) is 4.11. The van der Waals surface area contributed by atoms with Crippen LogP contribution in [-0.2, 0) is 4.79 Å². The first-order valence-electron chi connectivity index (χ1n) is 7.40. The number of fused-ring (bicyclic) bond motifs is 3. The van der Waals surface area contributed by atoms with Crippen molar-refractivity contribution in [1.82, 2.24) is 5.32 Å². The molecular weight excluding hydrogens is 260 g/mol. The van der Waals surface area contributed by atoms with Gasteiger partial charge >= 0.3 is 0 Å². The predicted molar refractivity (Wildman–Crippen MR) is 85.0 cm³/mol. The molecule has 3 rings (SSSR count). The van der Waals surface area contributed by atoms with Gasteiger partial charge in [-0.3, -0.25) is 4.79 Å². The van der Waals surface area contributed by atoms with Crippen molar-refractivity contribution in [1.29, 1.82) is 0 Å². The molecule has 1 aliphatic carbocycles. The fourth-order valence-electron chi connectivity index (χ4n) is 3.07. The van der Waals surface area contributed by atoms with E-state index in [1.807, 2.05) is 0 Å². The zero-order valence-corrected chi connectivity index (χ0v) is 12.2. The number of carbonyl (C=O) groups is 1. The Kier molecular flexibility index (Phi) is 3.76. The smallest absolute Gasteiger partial charge is 0.236 e. The largest absolute Gasteiger partial charge is 0.355 e. The maximum atomic E-state index is 11.6. The molecule has 3 nitrogen and oxygen atoms in total. The van der Waals surface area contributed by atoms with E-state index >= 15 is 0 Å². The number of hydrogen-bond donors (Lipinski definition) is 2. The highest BCUT2D eigenvalue weighted by molar-refractivity contribution is 5.81. The van der Waals surface area contributed by atoms with E-state index in [9.17, 15) is 4.79 Å². The van der Waals surface area contributed by atoms with Crippen LogP contribution in [0.1, 0.15) is 30.4 Å². The van der Waals surface area contributed by atoms with Crippen LogP contribution < -0.4 is 11.1 Å². The molecule has 0 fully saturated rings. The van der Waals surface area contributed by atoms with E-state index in [0.29, 0.717) is 12.5 Å². The van der Waals surface area contributed by atoms with E-state index in [0.717, 1.165) is 6.42 Å². The number of hydrogen-bond acceptors (Lipinski definition) is 2. The molecule has 2 aromatic rings. The molecule has 0 bridgehead atoms. The van der Waals surface area contributed by atoms with E-state index in [4.69, 9.17) is 5.73 Å². The summed E-state index contributed by atoms with van der Waals surface area (Å²) in [7, 11) is 0. The van der Waals surface area contributed by atoms with Crippen molar-refractivity contribution in [3.05, 3.63) is 59.7 Å². The van der Waals surface area contributed by atoms with E-state index < -0.39 is 6.04 Å². The second-order valence-electron chi connectivity index (χ2n) is 5.60. The summed E-state index contributed by atoms with van der Waals surface area (Å²) in [4.78, 5) is 11.6. The highest BCUT2D eigenvalue weighted by Crippen LogP contribution is 2.45. The van der Waals surface area contributed by atoms with Crippen LogP contribution in [0.3, 0.4) is 0 Å².